The van der Waals surface area contributed by atoms with E-state index in [-0.39, 0.29) is 17.2 Å². The molecule has 0 spiro atoms. The lowest BCUT2D eigenvalue weighted by Gasteiger charge is -2.19. The van der Waals surface area contributed by atoms with Gasteiger partial charge in [0.2, 0.25) is 0 Å². The summed E-state index contributed by atoms with van der Waals surface area (Å²) in [5.74, 6) is -0.804. The second kappa shape index (κ2) is 10.5. The van der Waals surface area contributed by atoms with E-state index in [1.54, 1.807) is 60.7 Å². The Morgan fingerprint density at radius 3 is 2.22 bits per heavy atom. The Hall–Kier alpha value is -3.85. The number of esters is 1. The van der Waals surface area contributed by atoms with Crippen LogP contribution in [0.3, 0.4) is 0 Å². The average molecular weight is 455 g/mol. The maximum Gasteiger partial charge on any atom is 0.344 e. The minimum absolute atomic E-state index is 0.00917. The van der Waals surface area contributed by atoms with E-state index in [9.17, 15) is 18.0 Å². The number of benzene rings is 3. The quantitative estimate of drug-likeness (QED) is 0.499. The molecule has 0 aromatic heterocycles. The maximum absolute atomic E-state index is 12.9. The standard InChI is InChI=1S/C23H22N2O6S/c1-25(19-10-4-2-5-11-19)32(28,29)21-14-8-9-18(15-21)24-22(26)16-31-23(27)17-30-20-12-6-3-7-13-20/h2-15H,16-17H2,1H3,(H,24,26). The van der Waals surface area contributed by atoms with Crippen molar-refractivity contribution in [3.8, 4) is 5.75 Å². The van der Waals surface area contributed by atoms with E-state index in [0.29, 0.717) is 11.4 Å². The van der Waals surface area contributed by atoms with Crippen molar-refractivity contribution >= 4 is 33.3 Å². The zero-order chi connectivity index (χ0) is 23.0. The molecule has 0 saturated carbocycles. The van der Waals surface area contributed by atoms with Crippen molar-refractivity contribution in [2.45, 2.75) is 4.90 Å². The van der Waals surface area contributed by atoms with Gasteiger partial charge in [0, 0.05) is 12.7 Å². The van der Waals surface area contributed by atoms with Gasteiger partial charge in [-0.2, -0.15) is 0 Å². The Kier molecular flexibility index (Phi) is 7.45. The summed E-state index contributed by atoms with van der Waals surface area (Å²) in [7, 11) is -2.38. The topological polar surface area (TPSA) is 102 Å². The normalized spacial score (nSPS) is 10.8. The number of carbonyl (C=O) groups excluding carboxylic acids is 2. The molecule has 0 heterocycles. The highest BCUT2D eigenvalue weighted by molar-refractivity contribution is 7.92. The fourth-order valence-corrected chi connectivity index (χ4v) is 3.95. The third-order valence-electron chi connectivity index (χ3n) is 4.36. The Morgan fingerprint density at radius 1 is 0.875 bits per heavy atom. The summed E-state index contributed by atoms with van der Waals surface area (Å²) in [6.07, 6.45) is 0. The van der Waals surface area contributed by atoms with Crippen molar-refractivity contribution in [2.75, 3.05) is 29.9 Å². The fourth-order valence-electron chi connectivity index (χ4n) is 2.71. The molecule has 166 valence electrons. The van der Waals surface area contributed by atoms with Crippen molar-refractivity contribution in [3.63, 3.8) is 0 Å². The lowest BCUT2D eigenvalue weighted by molar-refractivity contribution is -0.149. The predicted octanol–water partition coefficient (Wildman–Crippen LogP) is 3.07. The van der Waals surface area contributed by atoms with E-state index >= 15 is 0 Å². The van der Waals surface area contributed by atoms with Crippen LogP contribution in [0.15, 0.2) is 89.8 Å². The van der Waals surface area contributed by atoms with E-state index in [2.05, 4.69) is 5.32 Å². The number of anilines is 2. The number of amides is 1. The van der Waals surface area contributed by atoms with Crippen LogP contribution in [-0.4, -0.2) is 40.6 Å². The van der Waals surface area contributed by atoms with Crippen LogP contribution in [0, 0.1) is 0 Å². The van der Waals surface area contributed by atoms with Gasteiger partial charge in [-0.3, -0.25) is 9.10 Å². The largest absolute Gasteiger partial charge is 0.482 e. The maximum atomic E-state index is 12.9. The van der Waals surface area contributed by atoms with E-state index in [4.69, 9.17) is 9.47 Å². The Balaban J connectivity index is 1.56. The summed E-state index contributed by atoms with van der Waals surface area (Å²) in [6, 6.07) is 23.2. The number of nitrogens with zero attached hydrogens (tertiary/aromatic N) is 1. The Bertz CT molecular complexity index is 1170. The number of sulfonamides is 1. The van der Waals surface area contributed by atoms with Crippen LogP contribution in [0.25, 0.3) is 0 Å². The van der Waals surface area contributed by atoms with E-state index in [1.165, 1.54) is 25.2 Å². The molecule has 0 bridgehead atoms. The van der Waals surface area contributed by atoms with Crippen LogP contribution in [0.1, 0.15) is 0 Å². The highest BCUT2D eigenvalue weighted by Gasteiger charge is 2.21. The Labute approximate surface area is 186 Å². The minimum atomic E-state index is -3.83. The Morgan fingerprint density at radius 2 is 1.53 bits per heavy atom. The number of nitrogens with one attached hydrogen (secondary N) is 1. The van der Waals surface area contributed by atoms with Gasteiger partial charge in [-0.05, 0) is 42.5 Å². The van der Waals surface area contributed by atoms with Crippen LogP contribution in [0.5, 0.6) is 5.75 Å². The van der Waals surface area contributed by atoms with Crippen molar-refractivity contribution < 1.29 is 27.5 Å². The molecule has 0 unspecified atom stereocenters. The van der Waals surface area contributed by atoms with Gasteiger partial charge in [0.25, 0.3) is 15.9 Å². The van der Waals surface area contributed by atoms with Gasteiger partial charge in [-0.1, -0.05) is 42.5 Å². The van der Waals surface area contributed by atoms with Crippen LogP contribution >= 0.6 is 0 Å². The number of hydrogen-bond donors (Lipinski definition) is 1. The summed E-state index contributed by atoms with van der Waals surface area (Å²) in [4.78, 5) is 23.9. The minimum Gasteiger partial charge on any atom is -0.482 e. The summed E-state index contributed by atoms with van der Waals surface area (Å²) in [5.41, 5.74) is 0.765. The highest BCUT2D eigenvalue weighted by atomic mass is 32.2. The predicted molar refractivity (Wildman–Crippen MR) is 120 cm³/mol. The molecule has 3 rings (SSSR count). The molecular formula is C23H22N2O6S. The average Bonchev–Trinajstić information content (AvgIpc) is 2.82. The van der Waals surface area contributed by atoms with Gasteiger partial charge in [0.1, 0.15) is 5.75 Å². The van der Waals surface area contributed by atoms with Crippen LogP contribution in [0.2, 0.25) is 0 Å². The lowest BCUT2D eigenvalue weighted by Crippen LogP contribution is -2.27. The number of para-hydroxylation sites is 2. The van der Waals surface area contributed by atoms with Crippen molar-refractivity contribution in [1.29, 1.82) is 0 Å². The molecule has 0 fully saturated rings. The van der Waals surface area contributed by atoms with Gasteiger partial charge >= 0.3 is 5.97 Å². The summed E-state index contributed by atoms with van der Waals surface area (Å²) in [5, 5.41) is 2.52. The summed E-state index contributed by atoms with van der Waals surface area (Å²) < 4.78 is 37.1. The van der Waals surface area contributed by atoms with Gasteiger partial charge in [-0.15, -0.1) is 0 Å². The molecule has 1 amide bonds. The second-order valence-corrected chi connectivity index (χ2v) is 8.62. The molecule has 0 aliphatic heterocycles. The lowest BCUT2D eigenvalue weighted by atomic mass is 10.3. The number of rotatable bonds is 9. The van der Waals surface area contributed by atoms with Gasteiger partial charge in [0.05, 0.1) is 10.6 Å². The van der Waals surface area contributed by atoms with E-state index < -0.39 is 28.5 Å². The smallest absolute Gasteiger partial charge is 0.344 e. The van der Waals surface area contributed by atoms with E-state index in [1.807, 2.05) is 6.07 Å². The SMILES string of the molecule is CN(c1ccccc1)S(=O)(=O)c1cccc(NC(=O)COC(=O)COc2ccccc2)c1. The third-order valence-corrected chi connectivity index (χ3v) is 6.14. The first kappa shape index (κ1) is 22.8. The number of carbonyl (C=O) groups is 2. The first-order valence-corrected chi connectivity index (χ1v) is 11.1. The second-order valence-electron chi connectivity index (χ2n) is 6.65. The molecule has 9 heteroatoms. The molecule has 0 atom stereocenters. The first-order chi connectivity index (χ1) is 15.4. The van der Waals surface area contributed by atoms with Crippen LogP contribution in [-0.2, 0) is 24.3 Å². The van der Waals surface area contributed by atoms with Gasteiger partial charge in [-0.25, -0.2) is 13.2 Å². The molecule has 1 N–H and O–H groups in total. The van der Waals surface area contributed by atoms with Gasteiger partial charge < -0.3 is 14.8 Å². The molecule has 3 aromatic rings. The van der Waals surface area contributed by atoms with Gasteiger partial charge in [0.15, 0.2) is 13.2 Å². The molecule has 0 saturated heterocycles. The molecule has 32 heavy (non-hydrogen) atoms. The van der Waals surface area contributed by atoms with Crippen LogP contribution in [0.4, 0.5) is 11.4 Å². The number of ether oxygens (including phenoxy) is 2. The summed E-state index contributed by atoms with van der Waals surface area (Å²) >= 11 is 0. The van der Waals surface area contributed by atoms with Crippen molar-refractivity contribution in [3.05, 3.63) is 84.9 Å². The van der Waals surface area contributed by atoms with Crippen molar-refractivity contribution in [2.24, 2.45) is 0 Å². The molecule has 3 aromatic carbocycles. The third kappa shape index (κ3) is 6.08. The monoisotopic (exact) mass is 454 g/mol. The zero-order valence-electron chi connectivity index (χ0n) is 17.3. The zero-order valence-corrected chi connectivity index (χ0v) is 18.1. The molecule has 0 aliphatic carbocycles. The molecular weight excluding hydrogens is 432 g/mol. The molecule has 0 aliphatic rings. The molecule has 8 nitrogen and oxygen atoms in total. The number of hydrogen-bond acceptors (Lipinski definition) is 6. The first-order valence-electron chi connectivity index (χ1n) is 9.63. The van der Waals surface area contributed by atoms with E-state index in [0.717, 1.165) is 4.31 Å². The van der Waals surface area contributed by atoms with Crippen LogP contribution < -0.4 is 14.4 Å². The highest BCUT2D eigenvalue weighted by Crippen LogP contribution is 2.23. The molecule has 0 radical (unpaired) electrons. The summed E-state index contributed by atoms with van der Waals surface area (Å²) in [6.45, 7) is -0.866. The fraction of sp³-hybridized carbons (Fsp3) is 0.130. The van der Waals surface area contributed by atoms with Crippen molar-refractivity contribution in [1.82, 2.24) is 0 Å².